The minimum absolute atomic E-state index is 0.0168. The van der Waals surface area contributed by atoms with E-state index in [4.69, 9.17) is 4.74 Å². The standard InChI is InChI=1S/C29H32N2O4/c1-17-5-6-19(15-18(17)2)7-10-24(33)31(4)21-11-12-29(34)23-16-20-8-9-22(32)26-25(20)28(29,27(21)35-26)13-14-30(23)3/h5-6,8-9,15,21,23,27,32,34H,11-14,16H2,1-4H3/t21-,23-,27+,28+,29-/m1/s1. The normalized spacial score (nSPS) is 32.2. The third-order valence-electron chi connectivity index (χ3n) is 9.34. The summed E-state index contributed by atoms with van der Waals surface area (Å²) in [5.41, 5.74) is 3.62. The van der Waals surface area contributed by atoms with Gasteiger partial charge in [-0.15, -0.1) is 0 Å². The molecule has 1 saturated heterocycles. The molecule has 6 nitrogen and oxygen atoms in total. The second-order valence-corrected chi connectivity index (χ2v) is 10.9. The first kappa shape index (κ1) is 22.5. The maximum atomic E-state index is 13.2. The first-order valence-corrected chi connectivity index (χ1v) is 12.5. The molecule has 1 amide bonds. The fraction of sp³-hybridized carbons (Fsp3) is 0.483. The molecule has 2 aromatic rings. The first-order chi connectivity index (χ1) is 16.7. The maximum Gasteiger partial charge on any atom is 0.298 e. The van der Waals surface area contributed by atoms with Crippen molar-refractivity contribution in [3.8, 4) is 23.3 Å². The SMILES string of the molecule is Cc1ccc(C#CC(=O)N(C)[C@@H]2CC[C@@]3(O)[C@H]4Cc5ccc(O)c6c5[C@@]3(CCN4C)[C@H]2O6)cc1C. The van der Waals surface area contributed by atoms with Crippen LogP contribution in [0.15, 0.2) is 30.3 Å². The van der Waals surface area contributed by atoms with Gasteiger partial charge in [-0.2, -0.15) is 0 Å². The number of carbonyl (C=O) groups excluding carboxylic acids is 1. The summed E-state index contributed by atoms with van der Waals surface area (Å²) in [6.07, 6.45) is 2.21. The summed E-state index contributed by atoms with van der Waals surface area (Å²) in [5.74, 6) is 6.18. The molecule has 5 atom stereocenters. The number of carbonyl (C=O) groups is 1. The van der Waals surface area contributed by atoms with E-state index in [1.807, 2.05) is 31.2 Å². The number of piperidine rings is 1. The molecule has 1 spiro atoms. The number of hydrogen-bond donors (Lipinski definition) is 2. The van der Waals surface area contributed by atoms with Crippen LogP contribution in [0.5, 0.6) is 11.5 Å². The van der Waals surface area contributed by atoms with Gasteiger partial charge in [0.15, 0.2) is 11.5 Å². The number of likely N-dealkylation sites (tertiary alicyclic amines) is 1. The minimum atomic E-state index is -0.970. The van der Waals surface area contributed by atoms with Crippen molar-refractivity contribution in [1.29, 1.82) is 0 Å². The highest BCUT2D eigenvalue weighted by atomic mass is 16.5. The van der Waals surface area contributed by atoms with Gasteiger partial charge in [-0.1, -0.05) is 18.1 Å². The van der Waals surface area contributed by atoms with Gasteiger partial charge >= 0.3 is 0 Å². The highest BCUT2D eigenvalue weighted by Gasteiger charge is 2.73. The summed E-state index contributed by atoms with van der Waals surface area (Å²) in [6, 6.07) is 9.35. The van der Waals surface area contributed by atoms with Gasteiger partial charge in [-0.25, -0.2) is 0 Å². The predicted molar refractivity (Wildman–Crippen MR) is 132 cm³/mol. The van der Waals surface area contributed by atoms with Crippen molar-refractivity contribution in [1.82, 2.24) is 9.80 Å². The smallest absolute Gasteiger partial charge is 0.298 e. The van der Waals surface area contributed by atoms with E-state index < -0.39 is 17.1 Å². The molecule has 182 valence electrons. The van der Waals surface area contributed by atoms with Crippen LogP contribution in [0.4, 0.5) is 0 Å². The van der Waals surface area contributed by atoms with Gasteiger partial charge in [-0.05, 0) is 88.0 Å². The van der Waals surface area contributed by atoms with Crippen molar-refractivity contribution < 1.29 is 19.7 Å². The fourth-order valence-electron chi connectivity index (χ4n) is 7.31. The third kappa shape index (κ3) is 2.89. The number of aryl methyl sites for hydroxylation is 2. The van der Waals surface area contributed by atoms with Crippen LogP contribution in [0.3, 0.4) is 0 Å². The number of ether oxygens (including phenoxy) is 1. The maximum absolute atomic E-state index is 13.2. The molecule has 4 aliphatic rings. The molecule has 2 heterocycles. The van der Waals surface area contributed by atoms with E-state index in [1.165, 1.54) is 5.56 Å². The Kier molecular flexibility index (Phi) is 4.81. The van der Waals surface area contributed by atoms with Crippen LogP contribution in [-0.2, 0) is 16.6 Å². The fourth-order valence-corrected chi connectivity index (χ4v) is 7.31. The van der Waals surface area contributed by atoms with Gasteiger partial charge in [0, 0.05) is 30.1 Å². The Morgan fingerprint density at radius 3 is 2.77 bits per heavy atom. The second-order valence-electron chi connectivity index (χ2n) is 10.9. The number of amides is 1. The molecule has 2 bridgehead atoms. The number of nitrogens with zero attached hydrogens (tertiary/aromatic N) is 2. The zero-order valence-electron chi connectivity index (χ0n) is 20.8. The minimum Gasteiger partial charge on any atom is -0.504 e. The highest BCUT2D eigenvalue weighted by molar-refractivity contribution is 5.94. The Bertz CT molecular complexity index is 1310. The van der Waals surface area contributed by atoms with Crippen LogP contribution < -0.4 is 4.74 Å². The van der Waals surface area contributed by atoms with Gasteiger partial charge in [0.25, 0.3) is 5.91 Å². The monoisotopic (exact) mass is 472 g/mol. The Balaban J connectivity index is 1.38. The quantitative estimate of drug-likeness (QED) is 0.625. The largest absolute Gasteiger partial charge is 0.504 e. The number of rotatable bonds is 1. The summed E-state index contributed by atoms with van der Waals surface area (Å²) in [5, 5.41) is 23.0. The van der Waals surface area contributed by atoms with Crippen LogP contribution in [0.1, 0.15) is 47.1 Å². The van der Waals surface area contributed by atoms with Crippen molar-refractivity contribution >= 4 is 5.91 Å². The van der Waals surface area contributed by atoms with Gasteiger partial charge < -0.3 is 24.7 Å². The molecule has 2 fully saturated rings. The third-order valence-corrected chi connectivity index (χ3v) is 9.34. The van der Waals surface area contributed by atoms with Gasteiger partial charge in [-0.3, -0.25) is 4.79 Å². The summed E-state index contributed by atoms with van der Waals surface area (Å²) < 4.78 is 6.51. The van der Waals surface area contributed by atoms with Crippen LogP contribution in [0.25, 0.3) is 0 Å². The van der Waals surface area contributed by atoms with Crippen LogP contribution in [0.2, 0.25) is 0 Å². The van der Waals surface area contributed by atoms with Crippen LogP contribution >= 0.6 is 0 Å². The van der Waals surface area contributed by atoms with Crippen LogP contribution in [-0.4, -0.2) is 70.3 Å². The number of benzene rings is 2. The molecule has 0 aromatic heterocycles. The summed E-state index contributed by atoms with van der Waals surface area (Å²) in [4.78, 5) is 17.2. The van der Waals surface area contributed by atoms with Crippen molar-refractivity contribution in [2.24, 2.45) is 0 Å². The van der Waals surface area contributed by atoms with Crippen molar-refractivity contribution in [3.63, 3.8) is 0 Å². The van der Waals surface area contributed by atoms with E-state index in [2.05, 4.69) is 30.7 Å². The van der Waals surface area contributed by atoms with E-state index in [0.29, 0.717) is 18.6 Å². The van der Waals surface area contributed by atoms with Crippen molar-refractivity contribution in [2.45, 2.75) is 68.7 Å². The van der Waals surface area contributed by atoms with Crippen molar-refractivity contribution in [2.75, 3.05) is 20.6 Å². The van der Waals surface area contributed by atoms with E-state index >= 15 is 0 Å². The first-order valence-electron chi connectivity index (χ1n) is 12.5. The lowest BCUT2D eigenvalue weighted by molar-refractivity contribution is -0.195. The lowest BCUT2D eigenvalue weighted by atomic mass is 9.48. The summed E-state index contributed by atoms with van der Waals surface area (Å²) >= 11 is 0. The van der Waals surface area contributed by atoms with Gasteiger partial charge in [0.1, 0.15) is 6.10 Å². The number of phenolic OH excluding ortho intramolecular Hbond substituents is 1. The molecule has 6 heteroatoms. The lowest BCUT2D eigenvalue weighted by Gasteiger charge is -2.64. The highest BCUT2D eigenvalue weighted by Crippen LogP contribution is 2.65. The average Bonchev–Trinajstić information content (AvgIpc) is 3.19. The van der Waals surface area contributed by atoms with E-state index in [0.717, 1.165) is 41.6 Å². The van der Waals surface area contributed by atoms with Gasteiger partial charge in [0.05, 0.1) is 17.1 Å². The number of aliphatic hydroxyl groups is 1. The number of aromatic hydroxyl groups is 1. The topological polar surface area (TPSA) is 73.2 Å². The van der Waals surface area contributed by atoms with E-state index in [9.17, 15) is 15.0 Å². The zero-order valence-corrected chi connectivity index (χ0v) is 20.8. The molecule has 2 aliphatic heterocycles. The molecule has 2 N–H and O–H groups in total. The van der Waals surface area contributed by atoms with Crippen LogP contribution in [0, 0.1) is 25.7 Å². The molecule has 2 aromatic carbocycles. The van der Waals surface area contributed by atoms with E-state index in [1.54, 1.807) is 18.0 Å². The molecule has 35 heavy (non-hydrogen) atoms. The predicted octanol–water partition coefficient (Wildman–Crippen LogP) is 2.67. The summed E-state index contributed by atoms with van der Waals surface area (Å²) in [7, 11) is 3.86. The Morgan fingerprint density at radius 1 is 1.20 bits per heavy atom. The molecular formula is C29H32N2O4. The average molecular weight is 473 g/mol. The molecule has 0 unspecified atom stereocenters. The molecule has 2 aliphatic carbocycles. The molecule has 6 rings (SSSR count). The van der Waals surface area contributed by atoms with Gasteiger partial charge in [0.2, 0.25) is 0 Å². The molecule has 1 saturated carbocycles. The zero-order chi connectivity index (χ0) is 24.7. The number of hydrogen-bond acceptors (Lipinski definition) is 5. The summed E-state index contributed by atoms with van der Waals surface area (Å²) in [6.45, 7) is 4.92. The van der Waals surface area contributed by atoms with E-state index in [-0.39, 0.29) is 23.7 Å². The number of phenols is 1. The Morgan fingerprint density at radius 2 is 2.00 bits per heavy atom. The van der Waals surface area contributed by atoms with Crippen molar-refractivity contribution in [3.05, 3.63) is 58.1 Å². The Labute approximate surface area is 206 Å². The lowest BCUT2D eigenvalue weighted by Crippen LogP contribution is -2.77. The second kappa shape index (κ2) is 7.49. The molecule has 0 radical (unpaired) electrons. The Hall–Kier alpha value is -3.01. The number of likely N-dealkylation sites (N-methyl/N-ethyl adjacent to an activating group) is 2. The molecular weight excluding hydrogens is 440 g/mol.